The Morgan fingerprint density at radius 2 is 1.27 bits per heavy atom. The molecule has 0 aliphatic carbocycles. The number of likely N-dealkylation sites (tertiary alicyclic amines) is 2. The van der Waals surface area contributed by atoms with E-state index >= 15 is 0 Å². The summed E-state index contributed by atoms with van der Waals surface area (Å²) < 4.78 is 24.7. The number of fused-ring (bicyclic) bond motifs is 10. The highest BCUT2D eigenvalue weighted by Gasteiger charge is 2.70. The van der Waals surface area contributed by atoms with Crippen LogP contribution in [0.4, 0.5) is 0 Å². The highest BCUT2D eigenvalue weighted by atomic mass is 16.6. The SMILES string of the molecule is Cc1ccc(OCC(O)COCC23C=CC(O2)C2C(=O)N(CC(C)(C)CC(C)CCN4C(=O)C5C6C=CC(C(c7cc(C)c(O)c(C)c7)c7cc(C)c(O)c(C)c7)(O6)C5C4=O)C(=O)C23)cc1. The van der Waals surface area contributed by atoms with Crippen LogP contribution >= 0.6 is 0 Å². The fourth-order valence-corrected chi connectivity index (χ4v) is 12.1. The Hall–Kier alpha value is -5.34. The number of hydrogen-bond donors (Lipinski definition) is 3. The van der Waals surface area contributed by atoms with Gasteiger partial charge in [-0.1, -0.05) is 87.0 Å². The van der Waals surface area contributed by atoms with Crippen molar-refractivity contribution >= 4 is 23.6 Å². The van der Waals surface area contributed by atoms with Gasteiger partial charge in [0, 0.05) is 19.0 Å². The van der Waals surface area contributed by atoms with E-state index in [0.29, 0.717) is 40.8 Å². The van der Waals surface area contributed by atoms with Crippen LogP contribution in [0.15, 0.2) is 72.8 Å². The maximum atomic E-state index is 14.7. The van der Waals surface area contributed by atoms with Gasteiger partial charge in [0.25, 0.3) is 0 Å². The molecule has 4 amide bonds. The van der Waals surface area contributed by atoms with Crippen molar-refractivity contribution in [1.29, 1.82) is 0 Å². The summed E-state index contributed by atoms with van der Waals surface area (Å²) in [5, 5.41) is 32.1. The molecule has 13 nitrogen and oxygen atoms in total. The number of aromatic hydroxyl groups is 2. The zero-order chi connectivity index (χ0) is 47.2. The van der Waals surface area contributed by atoms with Gasteiger partial charge in [-0.05, 0) is 104 Å². The fraction of sp³-hybridized carbons (Fsp3) is 0.509. The molecule has 4 bridgehead atoms. The van der Waals surface area contributed by atoms with Gasteiger partial charge in [0.1, 0.15) is 41.2 Å². The Morgan fingerprint density at radius 3 is 1.89 bits per heavy atom. The lowest BCUT2D eigenvalue weighted by Crippen LogP contribution is -2.46. The molecule has 66 heavy (non-hydrogen) atoms. The summed E-state index contributed by atoms with van der Waals surface area (Å²) in [4.78, 5) is 59.9. The fourth-order valence-electron chi connectivity index (χ4n) is 12.1. The highest BCUT2D eigenvalue weighted by molar-refractivity contribution is 6.08. The molecule has 4 fully saturated rings. The number of aliphatic hydroxyl groups is 1. The number of hydrogen-bond acceptors (Lipinski definition) is 11. The standard InChI is InChI=1S/C53H62N2O11/c1-28-9-11-37(12-10-28)64-25-36(56)24-63-27-52-16-13-38(65-52)40-43(52)49(61)55(48(40)60)26-51(7,8)23-29(2)15-18-54-47(59)41-39-14-17-53(66-39,44(41)50(54)62)42(34-19-30(3)45(57)31(4)20-34)35-21-32(5)46(58)33(6)22-35/h9-14,16-17,19-22,29,36,38-44,56-58H,15,18,23-27H2,1-8H3. The molecule has 4 saturated heterocycles. The van der Waals surface area contributed by atoms with Crippen molar-refractivity contribution in [3.63, 3.8) is 0 Å². The van der Waals surface area contributed by atoms with Crippen molar-refractivity contribution in [1.82, 2.24) is 9.80 Å². The highest BCUT2D eigenvalue weighted by Crippen LogP contribution is 2.60. The number of benzene rings is 3. The summed E-state index contributed by atoms with van der Waals surface area (Å²) in [6, 6.07) is 15.2. The van der Waals surface area contributed by atoms with E-state index < -0.39 is 64.5 Å². The smallest absolute Gasteiger partial charge is 0.236 e. The van der Waals surface area contributed by atoms with Gasteiger partial charge in [-0.3, -0.25) is 29.0 Å². The zero-order valence-corrected chi connectivity index (χ0v) is 39.1. The molecule has 9 rings (SSSR count). The van der Waals surface area contributed by atoms with Crippen LogP contribution in [0, 0.1) is 69.6 Å². The molecule has 10 unspecified atom stereocenters. The Labute approximate surface area is 386 Å². The van der Waals surface area contributed by atoms with Crippen molar-refractivity contribution in [3.05, 3.63) is 112 Å². The number of phenolic OH excluding ortho intramolecular Hbond substituents is 2. The van der Waals surface area contributed by atoms with Gasteiger partial charge in [-0.25, -0.2) is 0 Å². The van der Waals surface area contributed by atoms with E-state index in [1.54, 1.807) is 0 Å². The van der Waals surface area contributed by atoms with Gasteiger partial charge in [0.05, 0.1) is 49.1 Å². The average molecular weight is 903 g/mol. The zero-order valence-electron chi connectivity index (χ0n) is 39.1. The predicted molar refractivity (Wildman–Crippen MR) is 244 cm³/mol. The minimum Gasteiger partial charge on any atom is -0.507 e. The van der Waals surface area contributed by atoms with Crippen LogP contribution in [0.1, 0.15) is 78.5 Å². The van der Waals surface area contributed by atoms with Crippen molar-refractivity contribution in [2.45, 2.75) is 104 Å². The molecule has 6 heterocycles. The second-order valence-electron chi connectivity index (χ2n) is 20.8. The second-order valence-corrected chi connectivity index (χ2v) is 20.8. The molecule has 3 N–H and O–H groups in total. The number of imide groups is 2. The maximum absolute atomic E-state index is 14.7. The third-order valence-electron chi connectivity index (χ3n) is 15.0. The van der Waals surface area contributed by atoms with Gasteiger partial charge in [0.15, 0.2) is 0 Å². The Bertz CT molecular complexity index is 2430. The molecule has 0 spiro atoms. The van der Waals surface area contributed by atoms with E-state index in [0.717, 1.165) is 16.7 Å². The van der Waals surface area contributed by atoms with Gasteiger partial charge >= 0.3 is 0 Å². The second kappa shape index (κ2) is 16.8. The first-order valence-electron chi connectivity index (χ1n) is 23.2. The van der Waals surface area contributed by atoms with Crippen LogP contribution in [0.3, 0.4) is 0 Å². The van der Waals surface area contributed by atoms with Crippen LogP contribution < -0.4 is 4.74 Å². The lowest BCUT2D eigenvalue weighted by atomic mass is 9.66. The van der Waals surface area contributed by atoms with Crippen molar-refractivity contribution in [2.75, 3.05) is 32.9 Å². The molecule has 6 aliphatic heterocycles. The van der Waals surface area contributed by atoms with E-state index in [-0.39, 0.29) is 74.0 Å². The Kier molecular flexibility index (Phi) is 11.6. The molecule has 0 saturated carbocycles. The maximum Gasteiger partial charge on any atom is 0.236 e. The number of aryl methyl sites for hydroxylation is 5. The molecule has 13 heteroatoms. The van der Waals surface area contributed by atoms with Crippen LogP contribution in [-0.2, 0) is 33.4 Å². The van der Waals surface area contributed by atoms with E-state index in [4.69, 9.17) is 18.9 Å². The van der Waals surface area contributed by atoms with Crippen molar-refractivity contribution in [3.8, 4) is 17.2 Å². The van der Waals surface area contributed by atoms with Gasteiger partial charge in [-0.2, -0.15) is 0 Å². The van der Waals surface area contributed by atoms with Crippen LogP contribution in [0.25, 0.3) is 0 Å². The van der Waals surface area contributed by atoms with E-state index in [2.05, 4.69) is 6.92 Å². The number of amides is 4. The van der Waals surface area contributed by atoms with E-state index in [1.807, 2.05) is 121 Å². The summed E-state index contributed by atoms with van der Waals surface area (Å²) >= 11 is 0. The Balaban J connectivity index is 0.841. The first kappa shape index (κ1) is 45.8. The molecule has 3 aromatic rings. The summed E-state index contributed by atoms with van der Waals surface area (Å²) in [6.07, 6.45) is 6.62. The normalized spacial score (nSPS) is 29.2. The van der Waals surface area contributed by atoms with Gasteiger partial charge < -0.3 is 34.3 Å². The first-order valence-corrected chi connectivity index (χ1v) is 23.2. The third kappa shape index (κ3) is 7.65. The molecule has 350 valence electrons. The molecular weight excluding hydrogens is 841 g/mol. The third-order valence-corrected chi connectivity index (χ3v) is 15.0. The average Bonchev–Trinajstić information content (AvgIpc) is 4.10. The van der Waals surface area contributed by atoms with Gasteiger partial charge in [0.2, 0.25) is 23.6 Å². The topological polar surface area (TPSA) is 172 Å². The first-order chi connectivity index (χ1) is 31.2. The number of carbonyl (C=O) groups excluding carboxylic acids is 4. The Morgan fingerprint density at radius 1 is 0.727 bits per heavy atom. The van der Waals surface area contributed by atoms with E-state index in [1.165, 1.54) is 9.80 Å². The summed E-state index contributed by atoms with van der Waals surface area (Å²) in [5.41, 5.74) is 2.71. The molecule has 0 aromatic heterocycles. The quantitative estimate of drug-likeness (QED) is 0.103. The summed E-state index contributed by atoms with van der Waals surface area (Å²) in [6.45, 7) is 15.9. The van der Waals surface area contributed by atoms with Crippen molar-refractivity contribution < 1.29 is 53.4 Å². The van der Waals surface area contributed by atoms with Crippen LogP contribution in [0.5, 0.6) is 17.2 Å². The number of carbonyl (C=O) groups is 4. The monoisotopic (exact) mass is 902 g/mol. The molecule has 0 radical (unpaired) electrons. The number of nitrogens with zero attached hydrogens (tertiary/aromatic N) is 2. The van der Waals surface area contributed by atoms with Crippen molar-refractivity contribution in [2.24, 2.45) is 35.0 Å². The molecule has 10 atom stereocenters. The van der Waals surface area contributed by atoms with Crippen LogP contribution in [0.2, 0.25) is 0 Å². The minimum atomic E-state index is -1.19. The predicted octanol–water partition coefficient (Wildman–Crippen LogP) is 6.29. The molecular formula is C53H62N2O11. The molecule has 6 aliphatic rings. The lowest BCUT2D eigenvalue weighted by molar-refractivity contribution is -0.149. The largest absolute Gasteiger partial charge is 0.507 e. The van der Waals surface area contributed by atoms with Crippen LogP contribution in [-0.4, -0.2) is 111 Å². The molecule has 3 aromatic carbocycles. The summed E-state index contributed by atoms with van der Waals surface area (Å²) in [7, 11) is 0. The van der Waals surface area contributed by atoms with E-state index in [9.17, 15) is 34.5 Å². The lowest BCUT2D eigenvalue weighted by Gasteiger charge is -2.38. The number of aliphatic hydroxyl groups excluding tert-OH is 1. The minimum absolute atomic E-state index is 0.00269. The number of rotatable bonds is 17. The summed E-state index contributed by atoms with van der Waals surface area (Å²) in [5.74, 6) is -3.42. The van der Waals surface area contributed by atoms with Gasteiger partial charge in [-0.15, -0.1) is 0 Å². The number of phenols is 2. The number of ether oxygens (including phenoxy) is 4.